The van der Waals surface area contributed by atoms with Gasteiger partial charge < -0.3 is 10.2 Å². The van der Waals surface area contributed by atoms with Gasteiger partial charge in [-0.1, -0.05) is 11.6 Å². The third-order valence-corrected chi connectivity index (χ3v) is 4.28. The Bertz CT molecular complexity index is 439. The van der Waals surface area contributed by atoms with Crippen LogP contribution >= 0.6 is 27.5 Å². The first kappa shape index (κ1) is 12.9. The molecule has 1 unspecified atom stereocenters. The van der Waals surface area contributed by atoms with Gasteiger partial charge in [-0.2, -0.15) is 0 Å². The first-order valence-electron chi connectivity index (χ1n) is 5.53. The molecule has 1 atom stereocenters. The van der Waals surface area contributed by atoms with Crippen molar-refractivity contribution >= 4 is 33.4 Å². The number of likely N-dealkylation sites (tertiary alicyclic amines) is 1. The Balaban J connectivity index is 2.12. The first-order valence-corrected chi connectivity index (χ1v) is 6.70. The van der Waals surface area contributed by atoms with E-state index in [-0.39, 0.29) is 5.91 Å². The molecule has 0 bridgehead atoms. The average Bonchev–Trinajstić information content (AvgIpc) is 2.80. The zero-order valence-corrected chi connectivity index (χ0v) is 11.9. The molecule has 0 aliphatic carbocycles. The minimum atomic E-state index is 0.0529. The van der Waals surface area contributed by atoms with Crippen LogP contribution < -0.4 is 5.32 Å². The summed E-state index contributed by atoms with van der Waals surface area (Å²) in [6.45, 7) is 1.57. The molecular formula is C12H14BrClN2O. The number of hydrogen-bond donors (Lipinski definition) is 1. The van der Waals surface area contributed by atoms with Crippen molar-refractivity contribution in [2.24, 2.45) is 0 Å². The second kappa shape index (κ2) is 5.38. The lowest BCUT2D eigenvalue weighted by atomic mass is 10.2. The summed E-state index contributed by atoms with van der Waals surface area (Å²) in [6.07, 6.45) is 1.01. The molecule has 1 fully saturated rings. The SMILES string of the molecule is CNC1CCN(C(=O)c2ccc(Br)c(Cl)c2)C1. The fraction of sp³-hybridized carbons (Fsp3) is 0.417. The number of likely N-dealkylation sites (N-methyl/N-ethyl adjacent to an activating group) is 1. The summed E-state index contributed by atoms with van der Waals surface area (Å²) in [5.41, 5.74) is 0.648. The number of nitrogens with zero attached hydrogens (tertiary/aromatic N) is 1. The molecule has 1 saturated heterocycles. The topological polar surface area (TPSA) is 32.3 Å². The largest absolute Gasteiger partial charge is 0.337 e. The summed E-state index contributed by atoms with van der Waals surface area (Å²) in [5.74, 6) is 0.0529. The number of halogens is 2. The number of carbonyl (C=O) groups is 1. The van der Waals surface area contributed by atoms with E-state index in [0.717, 1.165) is 24.0 Å². The third-order valence-electron chi connectivity index (χ3n) is 3.05. The maximum atomic E-state index is 12.2. The minimum Gasteiger partial charge on any atom is -0.337 e. The molecule has 2 rings (SSSR count). The molecule has 1 N–H and O–H groups in total. The molecule has 17 heavy (non-hydrogen) atoms. The molecule has 0 aromatic heterocycles. The van der Waals surface area contributed by atoms with Crippen molar-refractivity contribution in [1.82, 2.24) is 10.2 Å². The Hall–Kier alpha value is -0.580. The quantitative estimate of drug-likeness (QED) is 0.909. The van der Waals surface area contributed by atoms with E-state index < -0.39 is 0 Å². The zero-order valence-electron chi connectivity index (χ0n) is 9.54. The first-order chi connectivity index (χ1) is 8.11. The molecule has 1 aliphatic heterocycles. The smallest absolute Gasteiger partial charge is 0.253 e. The van der Waals surface area contributed by atoms with Crippen molar-refractivity contribution in [3.05, 3.63) is 33.3 Å². The maximum Gasteiger partial charge on any atom is 0.253 e. The Morgan fingerprint density at radius 1 is 1.59 bits per heavy atom. The van der Waals surface area contributed by atoms with Gasteiger partial charge in [0.1, 0.15) is 0 Å². The monoisotopic (exact) mass is 316 g/mol. The number of rotatable bonds is 2. The van der Waals surface area contributed by atoms with Crippen molar-refractivity contribution in [2.45, 2.75) is 12.5 Å². The normalized spacial score (nSPS) is 19.7. The van der Waals surface area contributed by atoms with Crippen LogP contribution in [0.25, 0.3) is 0 Å². The van der Waals surface area contributed by atoms with Crippen LogP contribution in [0, 0.1) is 0 Å². The van der Waals surface area contributed by atoms with Gasteiger partial charge in [0.05, 0.1) is 5.02 Å². The van der Waals surface area contributed by atoms with E-state index in [1.807, 2.05) is 11.9 Å². The minimum absolute atomic E-state index is 0.0529. The number of amides is 1. The van der Waals surface area contributed by atoms with Gasteiger partial charge in [-0.3, -0.25) is 4.79 Å². The van der Waals surface area contributed by atoms with Crippen molar-refractivity contribution in [3.8, 4) is 0 Å². The number of carbonyl (C=O) groups excluding carboxylic acids is 1. The Morgan fingerprint density at radius 3 is 2.94 bits per heavy atom. The molecule has 92 valence electrons. The molecule has 1 aliphatic rings. The third kappa shape index (κ3) is 2.81. The molecule has 1 aromatic carbocycles. The van der Waals surface area contributed by atoms with Gasteiger partial charge in [0.2, 0.25) is 0 Å². The fourth-order valence-corrected chi connectivity index (χ4v) is 2.42. The van der Waals surface area contributed by atoms with Crippen LogP contribution in [-0.2, 0) is 0 Å². The summed E-state index contributed by atoms with van der Waals surface area (Å²) in [7, 11) is 1.93. The van der Waals surface area contributed by atoms with E-state index in [1.54, 1.807) is 18.2 Å². The highest BCUT2D eigenvalue weighted by Gasteiger charge is 2.25. The molecular weight excluding hydrogens is 304 g/mol. The molecule has 3 nitrogen and oxygen atoms in total. The van der Waals surface area contributed by atoms with Crippen molar-refractivity contribution in [2.75, 3.05) is 20.1 Å². The highest BCUT2D eigenvalue weighted by Crippen LogP contribution is 2.24. The summed E-state index contributed by atoms with van der Waals surface area (Å²) < 4.78 is 0.810. The highest BCUT2D eigenvalue weighted by atomic mass is 79.9. The maximum absolute atomic E-state index is 12.2. The second-order valence-corrected chi connectivity index (χ2v) is 5.42. The lowest BCUT2D eigenvalue weighted by Gasteiger charge is -2.16. The van der Waals surface area contributed by atoms with Gasteiger partial charge in [0.25, 0.3) is 5.91 Å². The van der Waals surface area contributed by atoms with Crippen LogP contribution in [0.15, 0.2) is 22.7 Å². The highest BCUT2D eigenvalue weighted by molar-refractivity contribution is 9.10. The van der Waals surface area contributed by atoms with Gasteiger partial charge in [-0.05, 0) is 47.6 Å². The average molecular weight is 318 g/mol. The lowest BCUT2D eigenvalue weighted by Crippen LogP contribution is -2.33. The van der Waals surface area contributed by atoms with Crippen molar-refractivity contribution in [3.63, 3.8) is 0 Å². The van der Waals surface area contributed by atoms with E-state index in [4.69, 9.17) is 11.6 Å². The Morgan fingerprint density at radius 2 is 2.35 bits per heavy atom. The Labute approximate surface area is 114 Å². The fourth-order valence-electron chi connectivity index (χ4n) is 1.99. The molecule has 1 heterocycles. The van der Waals surface area contributed by atoms with E-state index in [1.165, 1.54) is 0 Å². The number of nitrogens with one attached hydrogen (secondary N) is 1. The second-order valence-electron chi connectivity index (χ2n) is 4.15. The molecule has 0 spiro atoms. The van der Waals surface area contributed by atoms with Gasteiger partial charge in [-0.25, -0.2) is 0 Å². The van der Waals surface area contributed by atoms with Crippen LogP contribution in [0.4, 0.5) is 0 Å². The van der Waals surface area contributed by atoms with Crippen molar-refractivity contribution < 1.29 is 4.79 Å². The van der Waals surface area contributed by atoms with Gasteiger partial charge in [-0.15, -0.1) is 0 Å². The van der Waals surface area contributed by atoms with E-state index in [2.05, 4.69) is 21.2 Å². The molecule has 0 radical (unpaired) electrons. The van der Waals surface area contributed by atoms with Gasteiger partial charge >= 0.3 is 0 Å². The predicted molar refractivity (Wildman–Crippen MR) is 72.5 cm³/mol. The Kier molecular flexibility index (Phi) is 4.07. The molecule has 1 amide bonds. The summed E-state index contributed by atoms with van der Waals surface area (Å²) in [5, 5.41) is 3.76. The van der Waals surface area contributed by atoms with Crippen LogP contribution in [-0.4, -0.2) is 37.0 Å². The van der Waals surface area contributed by atoms with Crippen LogP contribution in [0.1, 0.15) is 16.8 Å². The van der Waals surface area contributed by atoms with Crippen LogP contribution in [0.3, 0.4) is 0 Å². The van der Waals surface area contributed by atoms with Crippen LogP contribution in [0.2, 0.25) is 5.02 Å². The standard InChI is InChI=1S/C12H14BrClN2O/c1-15-9-4-5-16(7-9)12(17)8-2-3-10(13)11(14)6-8/h2-3,6,9,15H,4-5,7H2,1H3. The number of benzene rings is 1. The zero-order chi connectivity index (χ0) is 12.4. The van der Waals surface area contributed by atoms with E-state index >= 15 is 0 Å². The number of hydrogen-bond acceptors (Lipinski definition) is 2. The molecule has 1 aromatic rings. The summed E-state index contributed by atoms with van der Waals surface area (Å²) in [6, 6.07) is 5.72. The van der Waals surface area contributed by atoms with E-state index in [0.29, 0.717) is 16.6 Å². The lowest BCUT2D eigenvalue weighted by molar-refractivity contribution is 0.0789. The van der Waals surface area contributed by atoms with Gasteiger partial charge in [0, 0.05) is 29.2 Å². The molecule has 5 heteroatoms. The van der Waals surface area contributed by atoms with Gasteiger partial charge in [0.15, 0.2) is 0 Å². The summed E-state index contributed by atoms with van der Waals surface area (Å²) in [4.78, 5) is 14.1. The van der Waals surface area contributed by atoms with Crippen molar-refractivity contribution in [1.29, 1.82) is 0 Å². The van der Waals surface area contributed by atoms with E-state index in [9.17, 15) is 4.79 Å². The summed E-state index contributed by atoms with van der Waals surface area (Å²) >= 11 is 9.31. The van der Waals surface area contributed by atoms with Crippen LogP contribution in [0.5, 0.6) is 0 Å². The molecule has 0 saturated carbocycles. The predicted octanol–water partition coefficient (Wildman–Crippen LogP) is 2.54.